The minimum atomic E-state index is 0.0933. The number of carbonyl (C=O) groups is 1. The van der Waals surface area contributed by atoms with Gasteiger partial charge in [0.25, 0.3) is 5.91 Å². The molecule has 3 rings (SSSR count). The number of nitrogens with one attached hydrogen (secondary N) is 1. The Balaban J connectivity index is 1.80. The summed E-state index contributed by atoms with van der Waals surface area (Å²) in [5.41, 5.74) is 3.27. The van der Waals surface area contributed by atoms with Gasteiger partial charge < -0.3 is 15.3 Å². The van der Waals surface area contributed by atoms with Crippen LogP contribution in [0.3, 0.4) is 0 Å². The van der Waals surface area contributed by atoms with Gasteiger partial charge in [-0.05, 0) is 63.3 Å². The quantitative estimate of drug-likeness (QED) is 0.821. The number of amides is 1. The Bertz CT molecular complexity index is 741. The summed E-state index contributed by atoms with van der Waals surface area (Å²) in [6.07, 6.45) is 3.37. The Morgan fingerprint density at radius 2 is 1.79 bits per heavy atom. The predicted molar refractivity (Wildman–Crippen MR) is 97.5 cm³/mol. The Morgan fingerprint density at radius 1 is 1.17 bits per heavy atom. The number of aryl methyl sites for hydroxylation is 3. The van der Waals surface area contributed by atoms with Gasteiger partial charge in [-0.2, -0.15) is 0 Å². The molecular formula is C18H23N3O2S. The van der Waals surface area contributed by atoms with E-state index in [0.717, 1.165) is 48.4 Å². The van der Waals surface area contributed by atoms with Crippen molar-refractivity contribution in [2.24, 2.45) is 0 Å². The van der Waals surface area contributed by atoms with Crippen molar-refractivity contribution < 1.29 is 9.90 Å². The summed E-state index contributed by atoms with van der Waals surface area (Å²) in [6, 6.07) is 3.76. The molecule has 0 unspecified atom stereocenters. The van der Waals surface area contributed by atoms with E-state index in [2.05, 4.69) is 10.3 Å². The lowest BCUT2D eigenvalue weighted by molar-refractivity contribution is 0.0728. The first-order chi connectivity index (χ1) is 11.5. The maximum atomic E-state index is 12.7. The summed E-state index contributed by atoms with van der Waals surface area (Å²) in [6.45, 7) is 7.30. The molecule has 0 bridgehead atoms. The second-order valence-electron chi connectivity index (χ2n) is 6.37. The number of hydrogen-bond donors (Lipinski definition) is 2. The molecule has 24 heavy (non-hydrogen) atoms. The number of phenols is 1. The third-order valence-electron chi connectivity index (χ3n) is 4.38. The van der Waals surface area contributed by atoms with Gasteiger partial charge in [0.05, 0.1) is 5.69 Å². The summed E-state index contributed by atoms with van der Waals surface area (Å²) in [5, 5.41) is 13.8. The van der Waals surface area contributed by atoms with Gasteiger partial charge in [-0.15, -0.1) is 0 Å². The van der Waals surface area contributed by atoms with Crippen LogP contribution in [0.5, 0.6) is 5.75 Å². The third-order valence-corrected chi connectivity index (χ3v) is 5.44. The van der Waals surface area contributed by atoms with Crippen LogP contribution in [0.2, 0.25) is 0 Å². The zero-order valence-electron chi connectivity index (χ0n) is 14.3. The number of piperidine rings is 1. The van der Waals surface area contributed by atoms with Gasteiger partial charge in [0, 0.05) is 18.8 Å². The van der Waals surface area contributed by atoms with Gasteiger partial charge in [-0.25, -0.2) is 4.98 Å². The Labute approximate surface area is 146 Å². The molecule has 1 amide bonds. The van der Waals surface area contributed by atoms with E-state index in [4.69, 9.17) is 0 Å². The normalized spacial score (nSPS) is 14.7. The lowest BCUT2D eigenvalue weighted by Gasteiger charge is -2.26. The van der Waals surface area contributed by atoms with Crippen LogP contribution in [-0.2, 0) is 0 Å². The minimum absolute atomic E-state index is 0.0933. The number of benzene rings is 1. The van der Waals surface area contributed by atoms with E-state index in [1.807, 2.05) is 37.8 Å². The highest BCUT2D eigenvalue weighted by Gasteiger charge is 2.23. The molecule has 6 heteroatoms. The molecule has 1 aromatic carbocycles. The first-order valence-corrected chi connectivity index (χ1v) is 9.11. The molecule has 1 aromatic heterocycles. The van der Waals surface area contributed by atoms with Crippen molar-refractivity contribution in [2.45, 2.75) is 40.0 Å². The lowest BCUT2D eigenvalue weighted by Crippen LogP contribution is -2.35. The maximum Gasteiger partial charge on any atom is 0.265 e. The molecular weight excluding hydrogens is 322 g/mol. The lowest BCUT2D eigenvalue weighted by atomic mass is 10.1. The summed E-state index contributed by atoms with van der Waals surface area (Å²) >= 11 is 1.40. The number of thiazole rings is 1. The number of aromatic hydroxyl groups is 1. The highest BCUT2D eigenvalue weighted by Crippen LogP contribution is 2.31. The molecule has 0 spiro atoms. The van der Waals surface area contributed by atoms with Crippen molar-refractivity contribution in [3.63, 3.8) is 0 Å². The Morgan fingerprint density at radius 3 is 2.42 bits per heavy atom. The molecule has 1 aliphatic heterocycles. The molecule has 5 nitrogen and oxygen atoms in total. The van der Waals surface area contributed by atoms with E-state index in [-0.39, 0.29) is 5.91 Å². The van der Waals surface area contributed by atoms with Crippen molar-refractivity contribution in [1.29, 1.82) is 0 Å². The molecule has 2 heterocycles. The molecule has 1 fully saturated rings. The van der Waals surface area contributed by atoms with Crippen LogP contribution in [0.25, 0.3) is 0 Å². The third kappa shape index (κ3) is 3.38. The second kappa shape index (κ2) is 6.81. The Hall–Kier alpha value is -2.08. The van der Waals surface area contributed by atoms with Crippen molar-refractivity contribution >= 4 is 28.1 Å². The molecule has 0 atom stereocenters. The first-order valence-electron chi connectivity index (χ1n) is 8.29. The highest BCUT2D eigenvalue weighted by molar-refractivity contribution is 7.17. The van der Waals surface area contributed by atoms with Crippen LogP contribution in [0, 0.1) is 20.8 Å². The topological polar surface area (TPSA) is 65.5 Å². The zero-order chi connectivity index (χ0) is 17.3. The van der Waals surface area contributed by atoms with Crippen LogP contribution >= 0.6 is 11.3 Å². The molecule has 1 saturated heterocycles. The largest absolute Gasteiger partial charge is 0.507 e. The number of likely N-dealkylation sites (tertiary alicyclic amines) is 1. The number of hydrogen-bond acceptors (Lipinski definition) is 5. The molecule has 0 radical (unpaired) electrons. The SMILES string of the molecule is Cc1cc(Nc2nc(C)c(C(=O)N3CCCCC3)s2)cc(C)c1O. The fraction of sp³-hybridized carbons (Fsp3) is 0.444. The van der Waals surface area contributed by atoms with Gasteiger partial charge in [0.15, 0.2) is 5.13 Å². The van der Waals surface area contributed by atoms with Crippen LogP contribution < -0.4 is 5.32 Å². The van der Waals surface area contributed by atoms with E-state index < -0.39 is 0 Å². The van der Waals surface area contributed by atoms with E-state index >= 15 is 0 Å². The minimum Gasteiger partial charge on any atom is -0.507 e. The van der Waals surface area contributed by atoms with E-state index in [0.29, 0.717) is 15.8 Å². The zero-order valence-corrected chi connectivity index (χ0v) is 15.2. The highest BCUT2D eigenvalue weighted by atomic mass is 32.1. The van der Waals surface area contributed by atoms with Gasteiger partial charge in [0.2, 0.25) is 0 Å². The first kappa shape index (κ1) is 16.8. The van der Waals surface area contributed by atoms with Gasteiger partial charge in [-0.1, -0.05) is 11.3 Å². The summed E-state index contributed by atoms with van der Waals surface area (Å²) < 4.78 is 0. The smallest absolute Gasteiger partial charge is 0.265 e. The van der Waals surface area contributed by atoms with Crippen molar-refractivity contribution in [1.82, 2.24) is 9.88 Å². The number of aromatic nitrogens is 1. The number of rotatable bonds is 3. The van der Waals surface area contributed by atoms with Crippen LogP contribution in [0.1, 0.15) is 45.8 Å². The van der Waals surface area contributed by atoms with Crippen molar-refractivity contribution in [2.75, 3.05) is 18.4 Å². The number of anilines is 2. The van der Waals surface area contributed by atoms with Crippen molar-refractivity contribution in [3.05, 3.63) is 33.8 Å². The average Bonchev–Trinajstić information content (AvgIpc) is 2.93. The summed E-state index contributed by atoms with van der Waals surface area (Å²) in [5.74, 6) is 0.410. The molecule has 2 N–H and O–H groups in total. The Kier molecular flexibility index (Phi) is 4.76. The van der Waals surface area contributed by atoms with Gasteiger partial charge in [-0.3, -0.25) is 4.79 Å². The number of carbonyl (C=O) groups excluding carboxylic acids is 1. The summed E-state index contributed by atoms with van der Waals surface area (Å²) in [4.78, 5) is 19.8. The van der Waals surface area contributed by atoms with Gasteiger partial charge in [0.1, 0.15) is 10.6 Å². The molecule has 2 aromatic rings. The van der Waals surface area contributed by atoms with Crippen LogP contribution in [0.4, 0.5) is 10.8 Å². The summed E-state index contributed by atoms with van der Waals surface area (Å²) in [7, 11) is 0. The number of nitrogens with zero attached hydrogens (tertiary/aromatic N) is 2. The molecule has 0 saturated carbocycles. The standard InChI is InChI=1S/C18H23N3O2S/c1-11-9-14(10-12(2)15(11)22)20-18-19-13(3)16(24-18)17(23)21-7-5-4-6-8-21/h9-10,22H,4-8H2,1-3H3,(H,19,20). The fourth-order valence-electron chi connectivity index (χ4n) is 3.04. The maximum absolute atomic E-state index is 12.7. The molecule has 128 valence electrons. The van der Waals surface area contributed by atoms with Crippen LogP contribution in [-0.4, -0.2) is 34.0 Å². The van der Waals surface area contributed by atoms with Crippen LogP contribution in [0.15, 0.2) is 12.1 Å². The predicted octanol–water partition coefficient (Wildman–Crippen LogP) is 4.14. The van der Waals surface area contributed by atoms with Crippen molar-refractivity contribution in [3.8, 4) is 5.75 Å². The average molecular weight is 345 g/mol. The van der Waals surface area contributed by atoms with E-state index in [1.165, 1.54) is 17.8 Å². The fourth-order valence-corrected chi connectivity index (χ4v) is 4.00. The monoisotopic (exact) mass is 345 g/mol. The van der Waals surface area contributed by atoms with E-state index in [9.17, 15) is 9.90 Å². The van der Waals surface area contributed by atoms with Gasteiger partial charge >= 0.3 is 0 Å². The second-order valence-corrected chi connectivity index (χ2v) is 7.37. The molecule has 0 aliphatic carbocycles. The number of phenolic OH excluding ortho intramolecular Hbond substituents is 1. The van der Waals surface area contributed by atoms with E-state index in [1.54, 1.807) is 0 Å². The molecule has 1 aliphatic rings.